The number of carbonyl (C=O) groups excluding carboxylic acids is 1. The van der Waals surface area contributed by atoms with E-state index in [-0.39, 0.29) is 12.4 Å². The van der Waals surface area contributed by atoms with Crippen molar-refractivity contribution in [2.75, 3.05) is 0 Å². The van der Waals surface area contributed by atoms with Gasteiger partial charge in [0.1, 0.15) is 6.61 Å². The second kappa shape index (κ2) is 13.3. The van der Waals surface area contributed by atoms with E-state index in [1.54, 1.807) is 6.07 Å². The van der Waals surface area contributed by atoms with Crippen molar-refractivity contribution in [1.29, 1.82) is 0 Å². The van der Waals surface area contributed by atoms with Crippen molar-refractivity contribution >= 4 is 17.1 Å². The number of allylic oxidation sites excluding steroid dienone is 2. The second-order valence-corrected chi connectivity index (χ2v) is 9.11. The lowest BCUT2D eigenvalue weighted by atomic mass is 9.90. The van der Waals surface area contributed by atoms with Crippen molar-refractivity contribution in [3.8, 4) is 0 Å². The van der Waals surface area contributed by atoms with Crippen LogP contribution in [0.15, 0.2) is 53.7 Å². The van der Waals surface area contributed by atoms with Crippen LogP contribution in [0, 0.1) is 12.8 Å². The van der Waals surface area contributed by atoms with Crippen LogP contribution in [-0.2, 0) is 22.4 Å². The molecule has 190 valence electrons. The number of unbranched alkanes of at least 4 members (excludes halogenated alkanes) is 1. The topological polar surface area (TPSA) is 38.7 Å². The monoisotopic (exact) mass is 487 g/mol. The summed E-state index contributed by atoms with van der Waals surface area (Å²) >= 11 is 0. The molecule has 0 aliphatic carbocycles. The van der Waals surface area contributed by atoms with Crippen molar-refractivity contribution in [2.45, 2.75) is 79.5 Å². The highest BCUT2D eigenvalue weighted by Crippen LogP contribution is 2.30. The van der Waals surface area contributed by atoms with Crippen molar-refractivity contribution in [2.24, 2.45) is 11.1 Å². The van der Waals surface area contributed by atoms with Crippen LogP contribution in [0.4, 0.5) is 13.2 Å². The number of hydrogen-bond acceptors (Lipinski definition) is 3. The first-order valence-electron chi connectivity index (χ1n) is 12.3. The predicted octanol–water partition coefficient (Wildman–Crippen LogP) is 8.53. The number of nitrogens with zero attached hydrogens (tertiary/aromatic N) is 1. The van der Waals surface area contributed by atoms with E-state index in [2.05, 4.69) is 25.9 Å². The highest BCUT2D eigenvalue weighted by Gasteiger charge is 2.30. The van der Waals surface area contributed by atoms with Crippen LogP contribution in [0.5, 0.6) is 0 Å². The van der Waals surface area contributed by atoms with Gasteiger partial charge in [-0.1, -0.05) is 75.7 Å². The maximum Gasteiger partial charge on any atom is 0.416 e. The first-order valence-corrected chi connectivity index (χ1v) is 12.3. The van der Waals surface area contributed by atoms with Gasteiger partial charge in [0.05, 0.1) is 11.3 Å². The lowest BCUT2D eigenvalue weighted by molar-refractivity contribution is -0.137. The molecule has 0 fully saturated rings. The highest BCUT2D eigenvalue weighted by molar-refractivity contribution is 6.21. The summed E-state index contributed by atoms with van der Waals surface area (Å²) in [7, 11) is 0. The summed E-state index contributed by atoms with van der Waals surface area (Å²) in [6.07, 6.45) is 1.03. The number of ketones is 1. The Morgan fingerprint density at radius 3 is 2.46 bits per heavy atom. The molecule has 0 unspecified atom stereocenters. The molecule has 0 spiro atoms. The fourth-order valence-electron chi connectivity index (χ4n) is 3.73. The average molecular weight is 488 g/mol. The van der Waals surface area contributed by atoms with Crippen LogP contribution in [0.25, 0.3) is 5.57 Å². The molecule has 0 aromatic heterocycles. The van der Waals surface area contributed by atoms with E-state index in [1.807, 2.05) is 38.1 Å². The van der Waals surface area contributed by atoms with Gasteiger partial charge < -0.3 is 4.84 Å². The number of carbonyl (C=O) groups is 1. The van der Waals surface area contributed by atoms with E-state index in [4.69, 9.17) is 4.84 Å². The van der Waals surface area contributed by atoms with Crippen LogP contribution >= 0.6 is 0 Å². The number of Topliss-reactive ketones (excluding diaryl/α,β-unsaturated/α-hetero) is 1. The maximum absolute atomic E-state index is 13.1. The molecule has 0 N–H and O–H groups in total. The molecule has 0 bridgehead atoms. The summed E-state index contributed by atoms with van der Waals surface area (Å²) in [5, 5.41) is 4.18. The van der Waals surface area contributed by atoms with E-state index < -0.39 is 11.7 Å². The number of oxime groups is 1. The van der Waals surface area contributed by atoms with Gasteiger partial charge in [-0.15, -0.1) is 0 Å². The van der Waals surface area contributed by atoms with Crippen LogP contribution in [0.1, 0.15) is 87.6 Å². The number of rotatable bonds is 12. The lowest BCUT2D eigenvalue weighted by Gasteiger charge is -2.16. The number of halogens is 3. The Labute approximate surface area is 207 Å². The molecule has 35 heavy (non-hydrogen) atoms. The molecule has 2 aromatic rings. The first kappa shape index (κ1) is 28.3. The Morgan fingerprint density at radius 1 is 1.11 bits per heavy atom. The minimum atomic E-state index is -4.42. The zero-order valence-corrected chi connectivity index (χ0v) is 21.3. The van der Waals surface area contributed by atoms with Gasteiger partial charge >= 0.3 is 6.18 Å². The molecule has 2 rings (SSSR count). The van der Waals surface area contributed by atoms with Crippen LogP contribution in [0.2, 0.25) is 0 Å². The van der Waals surface area contributed by atoms with Crippen molar-refractivity contribution in [3.63, 3.8) is 0 Å². The molecule has 0 radical (unpaired) electrons. The standard InChI is InChI=1S/C29H36F3NO2/c1-6-8-14-25(28(34)17-16-20(3)4)24-15-9-11-21(5)26(24)19-35-33-27(7-2)22-12-10-13-23(18-22)29(30,31)32/h9-15,18,20H,6-8,16-17,19H2,1-5H3/b25-14-,33-27+. The number of hydrogen-bond donors (Lipinski definition) is 0. The van der Waals surface area contributed by atoms with Crippen molar-refractivity contribution in [3.05, 3.63) is 76.4 Å². The van der Waals surface area contributed by atoms with Crippen molar-refractivity contribution < 1.29 is 22.8 Å². The van der Waals surface area contributed by atoms with Crippen molar-refractivity contribution in [1.82, 2.24) is 0 Å². The number of aryl methyl sites for hydroxylation is 1. The third kappa shape index (κ3) is 8.37. The molecule has 3 nitrogen and oxygen atoms in total. The van der Waals surface area contributed by atoms with Gasteiger partial charge in [0.2, 0.25) is 0 Å². The van der Waals surface area contributed by atoms with Gasteiger partial charge in [-0.2, -0.15) is 13.2 Å². The fourth-order valence-corrected chi connectivity index (χ4v) is 3.73. The lowest BCUT2D eigenvalue weighted by Crippen LogP contribution is -2.09. The van der Waals surface area contributed by atoms with Gasteiger partial charge in [-0.25, -0.2) is 0 Å². The Balaban J connectivity index is 2.33. The summed E-state index contributed by atoms with van der Waals surface area (Å²) in [6.45, 7) is 10.2. The maximum atomic E-state index is 13.1. The Hall–Kier alpha value is -2.89. The molecule has 0 aliphatic heterocycles. The van der Waals surface area contributed by atoms with Gasteiger partial charge in [0.15, 0.2) is 5.78 Å². The molecule has 0 aliphatic rings. The summed E-state index contributed by atoms with van der Waals surface area (Å²) in [5.41, 5.74) is 3.44. The molecule has 0 saturated carbocycles. The number of alkyl halides is 3. The Morgan fingerprint density at radius 2 is 1.83 bits per heavy atom. The van der Waals surface area contributed by atoms with Crippen LogP contribution < -0.4 is 0 Å². The molecular weight excluding hydrogens is 451 g/mol. The van der Waals surface area contributed by atoms with E-state index in [1.165, 1.54) is 6.07 Å². The molecule has 0 heterocycles. The second-order valence-electron chi connectivity index (χ2n) is 9.11. The smallest absolute Gasteiger partial charge is 0.391 e. The Kier molecular flexibility index (Phi) is 10.7. The fraction of sp³-hybridized carbons (Fsp3) is 0.448. The SMILES string of the molecule is CCC/C=C(\C(=O)CCC(C)C)c1cccc(C)c1CO/N=C(\CC)c1cccc(C(F)(F)F)c1. The molecule has 0 saturated heterocycles. The highest BCUT2D eigenvalue weighted by atomic mass is 19.4. The summed E-state index contributed by atoms with van der Waals surface area (Å²) in [6, 6.07) is 10.9. The number of benzene rings is 2. The predicted molar refractivity (Wildman–Crippen MR) is 136 cm³/mol. The zero-order chi connectivity index (χ0) is 26.0. The zero-order valence-electron chi connectivity index (χ0n) is 21.3. The largest absolute Gasteiger partial charge is 0.416 e. The summed E-state index contributed by atoms with van der Waals surface area (Å²) < 4.78 is 39.4. The third-order valence-electron chi connectivity index (χ3n) is 5.83. The first-order chi connectivity index (χ1) is 16.6. The average Bonchev–Trinajstić information content (AvgIpc) is 2.81. The normalized spacial score (nSPS) is 12.8. The quantitative estimate of drug-likeness (QED) is 0.171. The third-order valence-corrected chi connectivity index (χ3v) is 5.83. The van der Waals surface area contributed by atoms with Gasteiger partial charge in [-0.3, -0.25) is 4.79 Å². The Bertz CT molecular complexity index is 1050. The van der Waals surface area contributed by atoms with Gasteiger partial charge in [0.25, 0.3) is 0 Å². The van der Waals surface area contributed by atoms with E-state index in [0.717, 1.165) is 48.1 Å². The van der Waals surface area contributed by atoms with Gasteiger partial charge in [-0.05, 0) is 60.9 Å². The minimum absolute atomic E-state index is 0.112. The molecule has 0 amide bonds. The van der Waals surface area contributed by atoms with Gasteiger partial charge in [0, 0.05) is 17.6 Å². The van der Waals surface area contributed by atoms with Crippen LogP contribution in [-0.4, -0.2) is 11.5 Å². The molecule has 0 atom stereocenters. The molecule has 2 aromatic carbocycles. The van der Waals surface area contributed by atoms with E-state index in [0.29, 0.717) is 35.6 Å². The summed E-state index contributed by atoms with van der Waals surface area (Å²) in [4.78, 5) is 18.8. The molecular formula is C29H36F3NO2. The van der Waals surface area contributed by atoms with Crippen LogP contribution in [0.3, 0.4) is 0 Å². The summed E-state index contributed by atoms with van der Waals surface area (Å²) in [5.74, 6) is 0.546. The molecule has 6 heteroatoms. The van der Waals surface area contributed by atoms with E-state index >= 15 is 0 Å². The minimum Gasteiger partial charge on any atom is -0.391 e. The van der Waals surface area contributed by atoms with E-state index in [9.17, 15) is 18.0 Å².